The molecular formula is C43H29NO2. The van der Waals surface area contributed by atoms with E-state index < -0.39 is 0 Å². The van der Waals surface area contributed by atoms with Crippen LogP contribution in [0.2, 0.25) is 0 Å². The van der Waals surface area contributed by atoms with Crippen LogP contribution in [0.1, 0.15) is 25.0 Å². The highest BCUT2D eigenvalue weighted by atomic mass is 16.3. The Bertz CT molecular complexity index is 2670. The van der Waals surface area contributed by atoms with Crippen LogP contribution in [0.15, 0.2) is 148 Å². The predicted molar refractivity (Wildman–Crippen MR) is 191 cm³/mol. The molecule has 9 aromatic rings. The quantitative estimate of drug-likeness (QED) is 0.205. The highest BCUT2D eigenvalue weighted by Crippen LogP contribution is 2.59. The molecule has 0 radical (unpaired) electrons. The Balaban J connectivity index is 1.34. The summed E-state index contributed by atoms with van der Waals surface area (Å²) < 4.78 is 13.1. The van der Waals surface area contributed by atoms with Crippen molar-refractivity contribution in [3.63, 3.8) is 0 Å². The molecule has 3 nitrogen and oxygen atoms in total. The molecule has 10 rings (SSSR count). The first-order valence-electron chi connectivity index (χ1n) is 15.9. The van der Waals surface area contributed by atoms with Crippen LogP contribution in [0.25, 0.3) is 65.8 Å². The zero-order valence-electron chi connectivity index (χ0n) is 25.5. The summed E-state index contributed by atoms with van der Waals surface area (Å²) in [5.74, 6) is 0. The van der Waals surface area contributed by atoms with Crippen molar-refractivity contribution < 1.29 is 8.83 Å². The summed E-state index contributed by atoms with van der Waals surface area (Å²) in [6.07, 6.45) is 0. The van der Waals surface area contributed by atoms with Gasteiger partial charge in [0.05, 0.1) is 5.69 Å². The molecule has 0 atom stereocenters. The molecule has 0 saturated heterocycles. The lowest BCUT2D eigenvalue weighted by Gasteiger charge is -2.28. The highest BCUT2D eigenvalue weighted by molar-refractivity contribution is 6.26. The number of nitrogens with zero attached hydrogens (tertiary/aromatic N) is 1. The van der Waals surface area contributed by atoms with Crippen LogP contribution in [0.5, 0.6) is 0 Å². The van der Waals surface area contributed by atoms with Gasteiger partial charge in [-0.2, -0.15) is 0 Å². The van der Waals surface area contributed by atoms with E-state index in [9.17, 15) is 0 Å². The van der Waals surface area contributed by atoms with Gasteiger partial charge in [-0.1, -0.05) is 105 Å². The molecule has 0 N–H and O–H groups in total. The topological polar surface area (TPSA) is 29.5 Å². The lowest BCUT2D eigenvalue weighted by atomic mass is 9.79. The van der Waals surface area contributed by atoms with Crippen LogP contribution in [0.4, 0.5) is 17.1 Å². The van der Waals surface area contributed by atoms with Crippen LogP contribution in [-0.4, -0.2) is 0 Å². The number of benzene rings is 7. The fourth-order valence-corrected chi connectivity index (χ4v) is 8.05. The average molecular weight is 592 g/mol. The molecule has 0 saturated carbocycles. The van der Waals surface area contributed by atoms with Crippen molar-refractivity contribution in [2.75, 3.05) is 4.90 Å². The number of anilines is 3. The molecule has 0 bridgehead atoms. The molecule has 0 spiro atoms. The number of para-hydroxylation sites is 3. The largest absolute Gasteiger partial charge is 0.456 e. The summed E-state index contributed by atoms with van der Waals surface area (Å²) >= 11 is 0. The minimum absolute atomic E-state index is 0.249. The fraction of sp³-hybridized carbons (Fsp3) is 0.0698. The van der Waals surface area contributed by atoms with Crippen molar-refractivity contribution in [1.29, 1.82) is 0 Å². The number of hydrogen-bond acceptors (Lipinski definition) is 3. The third-order valence-corrected chi connectivity index (χ3v) is 10.0. The van der Waals surface area contributed by atoms with Crippen molar-refractivity contribution in [1.82, 2.24) is 0 Å². The van der Waals surface area contributed by atoms with Crippen molar-refractivity contribution in [2.24, 2.45) is 0 Å². The van der Waals surface area contributed by atoms with E-state index in [0.29, 0.717) is 0 Å². The molecule has 3 heteroatoms. The van der Waals surface area contributed by atoms with E-state index >= 15 is 0 Å². The number of furan rings is 2. The number of rotatable bonds is 3. The maximum Gasteiger partial charge on any atom is 0.144 e. The normalized spacial score (nSPS) is 13.6. The number of fused-ring (bicyclic) bond motifs is 13. The molecule has 46 heavy (non-hydrogen) atoms. The minimum Gasteiger partial charge on any atom is -0.456 e. The predicted octanol–water partition coefficient (Wildman–Crippen LogP) is 12.4. The molecule has 0 amide bonds. The monoisotopic (exact) mass is 591 g/mol. The van der Waals surface area contributed by atoms with Gasteiger partial charge in [0.2, 0.25) is 0 Å². The third-order valence-electron chi connectivity index (χ3n) is 10.0. The van der Waals surface area contributed by atoms with Gasteiger partial charge in [0.15, 0.2) is 0 Å². The van der Waals surface area contributed by atoms with E-state index in [0.717, 1.165) is 55.6 Å². The molecule has 218 valence electrons. The van der Waals surface area contributed by atoms with Crippen LogP contribution >= 0.6 is 0 Å². The van der Waals surface area contributed by atoms with Gasteiger partial charge in [-0.3, -0.25) is 0 Å². The van der Waals surface area contributed by atoms with E-state index in [4.69, 9.17) is 8.83 Å². The van der Waals surface area contributed by atoms with E-state index in [1.807, 2.05) is 12.1 Å². The highest BCUT2D eigenvalue weighted by Gasteiger charge is 2.42. The van der Waals surface area contributed by atoms with E-state index in [1.165, 1.54) is 38.4 Å². The zero-order valence-corrected chi connectivity index (χ0v) is 25.5. The maximum absolute atomic E-state index is 6.86. The SMILES string of the molecule is CC1(C)c2cccc(N(c3ccccc3)c3ccc4oc5ccccc5c4c3)c2-c2c1c1ccccc1c1c2oc2ccccc21. The van der Waals surface area contributed by atoms with Crippen molar-refractivity contribution >= 4 is 71.7 Å². The second kappa shape index (κ2) is 9.12. The molecule has 1 aliphatic rings. The van der Waals surface area contributed by atoms with Crippen LogP contribution in [0, 0.1) is 0 Å². The second-order valence-electron chi connectivity index (χ2n) is 12.9. The summed E-state index contributed by atoms with van der Waals surface area (Å²) in [6, 6.07) is 49.6. The minimum atomic E-state index is -0.249. The summed E-state index contributed by atoms with van der Waals surface area (Å²) in [4.78, 5) is 2.40. The lowest BCUT2D eigenvalue weighted by molar-refractivity contribution is 0.657. The summed E-state index contributed by atoms with van der Waals surface area (Å²) in [7, 11) is 0. The van der Waals surface area contributed by atoms with Gasteiger partial charge in [-0.05, 0) is 70.4 Å². The molecular weight excluding hydrogens is 562 g/mol. The lowest BCUT2D eigenvalue weighted by Crippen LogP contribution is -2.16. The van der Waals surface area contributed by atoms with Gasteiger partial charge in [0.25, 0.3) is 0 Å². The van der Waals surface area contributed by atoms with Gasteiger partial charge >= 0.3 is 0 Å². The standard InChI is InChI=1S/C43H29NO2/c1-43(2)33-19-12-20-34(39(33)40-41(43)30-17-7-6-16-29(30)38-31-18-9-11-22-36(31)46-42(38)40)44(26-13-4-3-5-14-26)27-23-24-37-32(25-27)28-15-8-10-21-35(28)45-37/h3-25H,1-2H3. The molecule has 1 aliphatic carbocycles. The number of hydrogen-bond donors (Lipinski definition) is 0. The average Bonchev–Trinajstić information content (AvgIpc) is 3.74. The maximum atomic E-state index is 6.86. The Hall–Kier alpha value is -5.80. The molecule has 0 unspecified atom stereocenters. The molecule has 0 aliphatic heterocycles. The van der Waals surface area contributed by atoms with E-state index in [-0.39, 0.29) is 5.41 Å². The first kappa shape index (κ1) is 25.5. The van der Waals surface area contributed by atoms with E-state index in [1.54, 1.807) is 0 Å². The van der Waals surface area contributed by atoms with Crippen LogP contribution in [0.3, 0.4) is 0 Å². The van der Waals surface area contributed by atoms with Crippen molar-refractivity contribution in [3.05, 3.63) is 151 Å². The molecule has 2 aromatic heterocycles. The van der Waals surface area contributed by atoms with Crippen molar-refractivity contribution in [2.45, 2.75) is 19.3 Å². The Morgan fingerprint density at radius 2 is 1.13 bits per heavy atom. The Labute approximate surface area is 265 Å². The molecule has 2 heterocycles. The van der Waals surface area contributed by atoms with Gasteiger partial charge in [-0.25, -0.2) is 0 Å². The zero-order chi connectivity index (χ0) is 30.6. The Kier molecular flexibility index (Phi) is 5.06. The second-order valence-corrected chi connectivity index (χ2v) is 12.9. The van der Waals surface area contributed by atoms with Crippen LogP contribution in [-0.2, 0) is 5.41 Å². The van der Waals surface area contributed by atoms with Crippen molar-refractivity contribution in [3.8, 4) is 11.1 Å². The van der Waals surface area contributed by atoms with Gasteiger partial charge in [0, 0.05) is 49.5 Å². The van der Waals surface area contributed by atoms with Gasteiger partial charge in [0.1, 0.15) is 22.3 Å². The summed E-state index contributed by atoms with van der Waals surface area (Å²) in [6.45, 7) is 4.72. The fourth-order valence-electron chi connectivity index (χ4n) is 8.05. The smallest absolute Gasteiger partial charge is 0.144 e. The first-order chi connectivity index (χ1) is 22.6. The van der Waals surface area contributed by atoms with Crippen LogP contribution < -0.4 is 4.90 Å². The summed E-state index contributed by atoms with van der Waals surface area (Å²) in [5.41, 5.74) is 11.7. The van der Waals surface area contributed by atoms with E-state index in [2.05, 4.69) is 146 Å². The first-order valence-corrected chi connectivity index (χ1v) is 15.9. The van der Waals surface area contributed by atoms with Gasteiger partial charge in [-0.15, -0.1) is 0 Å². The third kappa shape index (κ3) is 3.32. The summed E-state index contributed by atoms with van der Waals surface area (Å²) in [5, 5.41) is 7.07. The molecule has 0 fully saturated rings. The van der Waals surface area contributed by atoms with Gasteiger partial charge < -0.3 is 13.7 Å². The Morgan fingerprint density at radius 3 is 1.93 bits per heavy atom. The molecule has 7 aromatic carbocycles. The Morgan fingerprint density at radius 1 is 0.478 bits per heavy atom.